The summed E-state index contributed by atoms with van der Waals surface area (Å²) in [6.07, 6.45) is -4.50. The molecule has 0 saturated carbocycles. The van der Waals surface area contributed by atoms with Crippen molar-refractivity contribution in [2.75, 3.05) is 24.4 Å². The molecule has 1 N–H and O–H groups in total. The van der Waals surface area contributed by atoms with Crippen molar-refractivity contribution >= 4 is 23.2 Å². The number of anilines is 2. The maximum atomic E-state index is 14.0. The lowest BCUT2D eigenvalue weighted by atomic mass is 9.78. The summed E-state index contributed by atoms with van der Waals surface area (Å²) in [6, 6.07) is 24.4. The lowest BCUT2D eigenvalue weighted by molar-refractivity contribution is -0.137. The number of carbonyl (C=O) groups excluding carboxylic acids is 2. The van der Waals surface area contributed by atoms with Crippen LogP contribution in [0.3, 0.4) is 0 Å². The van der Waals surface area contributed by atoms with Crippen LogP contribution in [0.25, 0.3) is 0 Å². The molecule has 4 aromatic carbocycles. The Balaban J connectivity index is 1.63. The minimum absolute atomic E-state index is 0.205. The molecule has 0 radical (unpaired) electrons. The zero-order valence-corrected chi connectivity index (χ0v) is 21.6. The van der Waals surface area contributed by atoms with Gasteiger partial charge in [-0.15, -0.1) is 0 Å². The Bertz CT molecular complexity index is 1520. The van der Waals surface area contributed by atoms with E-state index in [1.165, 1.54) is 12.1 Å². The van der Waals surface area contributed by atoms with Crippen molar-refractivity contribution in [3.63, 3.8) is 0 Å². The SMILES string of the molecule is COc1ccc([C@@H]2[C@H](C(=O)Nc3ccc(C(F)(F)F)cc3)c3ccccc3C(=O)N2c2ccc(OC)cc2)cc1. The molecule has 6 nitrogen and oxygen atoms in total. The van der Waals surface area contributed by atoms with Gasteiger partial charge in [-0.1, -0.05) is 30.3 Å². The van der Waals surface area contributed by atoms with Gasteiger partial charge in [0.25, 0.3) is 5.91 Å². The molecule has 9 heteroatoms. The monoisotopic (exact) mass is 546 g/mol. The van der Waals surface area contributed by atoms with Crippen LogP contribution >= 0.6 is 0 Å². The summed E-state index contributed by atoms with van der Waals surface area (Å²) in [6.45, 7) is 0. The summed E-state index contributed by atoms with van der Waals surface area (Å²) < 4.78 is 49.8. The van der Waals surface area contributed by atoms with E-state index in [1.54, 1.807) is 91.9 Å². The molecule has 1 aliphatic rings. The first-order chi connectivity index (χ1) is 19.2. The molecular formula is C31H25F3N2O4. The van der Waals surface area contributed by atoms with E-state index in [-0.39, 0.29) is 11.6 Å². The largest absolute Gasteiger partial charge is 0.497 e. The van der Waals surface area contributed by atoms with Gasteiger partial charge in [-0.3, -0.25) is 14.5 Å². The van der Waals surface area contributed by atoms with Crippen molar-refractivity contribution in [2.24, 2.45) is 0 Å². The molecule has 0 spiro atoms. The summed E-state index contributed by atoms with van der Waals surface area (Å²) in [5.74, 6) is -0.454. The fourth-order valence-corrected chi connectivity index (χ4v) is 4.95. The summed E-state index contributed by atoms with van der Waals surface area (Å²) in [5.41, 5.74) is 1.48. The number of benzene rings is 4. The van der Waals surface area contributed by atoms with E-state index in [1.807, 2.05) is 0 Å². The predicted molar refractivity (Wildman–Crippen MR) is 145 cm³/mol. The average molecular weight is 547 g/mol. The zero-order valence-electron chi connectivity index (χ0n) is 21.6. The number of hydrogen-bond acceptors (Lipinski definition) is 4. The van der Waals surface area contributed by atoms with Crippen molar-refractivity contribution in [3.8, 4) is 11.5 Å². The number of nitrogens with one attached hydrogen (secondary N) is 1. The highest BCUT2D eigenvalue weighted by Crippen LogP contribution is 2.46. The number of nitrogens with zero attached hydrogens (tertiary/aromatic N) is 1. The third-order valence-electron chi connectivity index (χ3n) is 6.91. The molecule has 4 aromatic rings. The molecule has 5 rings (SSSR count). The second kappa shape index (κ2) is 10.8. The molecule has 0 aromatic heterocycles. The Morgan fingerprint density at radius 2 is 1.38 bits per heavy atom. The molecule has 1 heterocycles. The molecule has 1 aliphatic heterocycles. The Kier molecular flexibility index (Phi) is 7.21. The summed E-state index contributed by atoms with van der Waals surface area (Å²) in [4.78, 5) is 29.5. The summed E-state index contributed by atoms with van der Waals surface area (Å²) in [5, 5.41) is 2.77. The van der Waals surface area contributed by atoms with Gasteiger partial charge in [-0.25, -0.2) is 0 Å². The third kappa shape index (κ3) is 5.10. The van der Waals surface area contributed by atoms with E-state index in [4.69, 9.17) is 9.47 Å². The number of hydrogen-bond donors (Lipinski definition) is 1. The van der Waals surface area contributed by atoms with Gasteiger partial charge < -0.3 is 14.8 Å². The molecule has 0 unspecified atom stereocenters. The van der Waals surface area contributed by atoms with E-state index < -0.39 is 29.6 Å². The second-order valence-electron chi connectivity index (χ2n) is 9.22. The summed E-state index contributed by atoms with van der Waals surface area (Å²) >= 11 is 0. The number of carbonyl (C=O) groups is 2. The van der Waals surface area contributed by atoms with Gasteiger partial charge in [0.1, 0.15) is 11.5 Å². The normalized spacial score (nSPS) is 16.7. The Morgan fingerprint density at radius 3 is 1.95 bits per heavy atom. The number of methoxy groups -OCH3 is 2. The number of ether oxygens (including phenoxy) is 2. The van der Waals surface area contributed by atoms with Crippen LogP contribution in [-0.4, -0.2) is 26.0 Å². The van der Waals surface area contributed by atoms with Crippen LogP contribution in [0.4, 0.5) is 24.5 Å². The van der Waals surface area contributed by atoms with E-state index >= 15 is 0 Å². The highest BCUT2D eigenvalue weighted by atomic mass is 19.4. The standard InChI is InChI=1S/C31H25F3N2O4/c1-39-23-15-7-19(8-16-23)28-27(29(37)35-21-11-9-20(10-12-21)31(32,33)34)25-5-3-4-6-26(25)30(38)36(28)22-13-17-24(40-2)18-14-22/h3-18,27-28H,1-2H3,(H,35,37)/t27-,28-/m1/s1. The van der Waals surface area contributed by atoms with E-state index in [0.717, 1.165) is 12.1 Å². The quantitative estimate of drug-likeness (QED) is 0.287. The third-order valence-corrected chi connectivity index (χ3v) is 6.91. The summed E-state index contributed by atoms with van der Waals surface area (Å²) in [7, 11) is 3.08. The van der Waals surface area contributed by atoms with Gasteiger partial charge in [0.2, 0.25) is 5.91 Å². The van der Waals surface area contributed by atoms with Crippen LogP contribution < -0.4 is 19.7 Å². The first-order valence-corrected chi connectivity index (χ1v) is 12.4. The van der Waals surface area contributed by atoms with Crippen molar-refractivity contribution in [3.05, 3.63) is 119 Å². The van der Waals surface area contributed by atoms with E-state index in [2.05, 4.69) is 5.32 Å². The second-order valence-corrected chi connectivity index (χ2v) is 9.22. The smallest absolute Gasteiger partial charge is 0.416 e. The maximum Gasteiger partial charge on any atom is 0.416 e. The lowest BCUT2D eigenvalue weighted by Crippen LogP contribution is -2.46. The van der Waals surface area contributed by atoms with Gasteiger partial charge in [0, 0.05) is 16.9 Å². The topological polar surface area (TPSA) is 67.9 Å². The average Bonchev–Trinajstić information content (AvgIpc) is 2.97. The van der Waals surface area contributed by atoms with E-state index in [9.17, 15) is 22.8 Å². The lowest BCUT2D eigenvalue weighted by Gasteiger charge is -2.42. The Labute approximate surface area is 229 Å². The minimum atomic E-state index is -4.50. The highest BCUT2D eigenvalue weighted by Gasteiger charge is 2.45. The van der Waals surface area contributed by atoms with Crippen LogP contribution in [-0.2, 0) is 11.0 Å². The predicted octanol–water partition coefficient (Wildman–Crippen LogP) is 6.85. The van der Waals surface area contributed by atoms with Crippen molar-refractivity contribution < 1.29 is 32.2 Å². The van der Waals surface area contributed by atoms with Crippen molar-refractivity contribution in [1.82, 2.24) is 0 Å². The number of fused-ring (bicyclic) bond motifs is 1. The molecule has 40 heavy (non-hydrogen) atoms. The highest BCUT2D eigenvalue weighted by molar-refractivity contribution is 6.12. The van der Waals surface area contributed by atoms with Crippen LogP contribution in [0.2, 0.25) is 0 Å². The molecule has 204 valence electrons. The molecule has 0 fully saturated rings. The number of halogens is 3. The fourth-order valence-electron chi connectivity index (χ4n) is 4.95. The van der Waals surface area contributed by atoms with Crippen molar-refractivity contribution in [1.29, 1.82) is 0 Å². The van der Waals surface area contributed by atoms with E-state index in [0.29, 0.717) is 33.9 Å². The minimum Gasteiger partial charge on any atom is -0.497 e. The van der Waals surface area contributed by atoms with Crippen LogP contribution in [0.1, 0.15) is 39.0 Å². The molecular weight excluding hydrogens is 521 g/mol. The number of rotatable bonds is 6. The van der Waals surface area contributed by atoms with Gasteiger partial charge in [-0.2, -0.15) is 13.2 Å². The van der Waals surface area contributed by atoms with Crippen LogP contribution in [0.15, 0.2) is 97.1 Å². The first-order valence-electron chi connectivity index (χ1n) is 12.4. The van der Waals surface area contributed by atoms with Crippen LogP contribution in [0.5, 0.6) is 11.5 Å². The maximum absolute atomic E-state index is 14.0. The Hall–Kier alpha value is -4.79. The van der Waals surface area contributed by atoms with Gasteiger partial charge in [0.05, 0.1) is 31.7 Å². The van der Waals surface area contributed by atoms with Gasteiger partial charge >= 0.3 is 6.18 Å². The fraction of sp³-hybridized carbons (Fsp3) is 0.161. The zero-order chi connectivity index (χ0) is 28.4. The molecule has 2 atom stereocenters. The van der Waals surface area contributed by atoms with Crippen molar-refractivity contribution in [2.45, 2.75) is 18.1 Å². The first kappa shape index (κ1) is 26.8. The van der Waals surface area contributed by atoms with Gasteiger partial charge in [0.15, 0.2) is 0 Å². The molecule has 0 saturated heterocycles. The molecule has 0 bridgehead atoms. The number of amides is 2. The van der Waals surface area contributed by atoms with Crippen LogP contribution in [0, 0.1) is 0 Å². The van der Waals surface area contributed by atoms with Gasteiger partial charge in [-0.05, 0) is 77.9 Å². The Morgan fingerprint density at radius 1 is 0.800 bits per heavy atom. The number of alkyl halides is 3. The molecule has 0 aliphatic carbocycles. The molecule has 2 amide bonds.